The zero-order valence-electron chi connectivity index (χ0n) is 16.8. The minimum atomic E-state index is -0.429. The van der Waals surface area contributed by atoms with Crippen LogP contribution in [0.4, 0.5) is 5.69 Å². The molecule has 0 saturated heterocycles. The molecule has 0 fully saturated rings. The number of non-ortho nitro benzene ring substituents is 1. The first-order valence-electron chi connectivity index (χ1n) is 9.01. The molecular weight excluding hydrogens is 410 g/mol. The maximum Gasteiger partial charge on any atom is 0.269 e. The molecule has 0 aromatic heterocycles. The van der Waals surface area contributed by atoms with Crippen LogP contribution in [-0.4, -0.2) is 55.3 Å². The summed E-state index contributed by atoms with van der Waals surface area (Å²) in [5.41, 5.74) is 1.20. The van der Waals surface area contributed by atoms with Gasteiger partial charge in [0.15, 0.2) is 16.7 Å². The number of hydrogen-bond donors (Lipinski definition) is 0. The minimum Gasteiger partial charge on any atom is -0.493 e. The van der Waals surface area contributed by atoms with Crippen LogP contribution >= 0.6 is 11.8 Å². The summed E-state index contributed by atoms with van der Waals surface area (Å²) in [6.45, 7) is 0.945. The van der Waals surface area contributed by atoms with Gasteiger partial charge in [0, 0.05) is 30.0 Å². The smallest absolute Gasteiger partial charge is 0.269 e. The molecule has 1 amide bonds. The fraction of sp³-hybridized carbons (Fsp3) is 0.300. The molecule has 9 nitrogen and oxygen atoms in total. The fourth-order valence-corrected chi connectivity index (χ4v) is 3.99. The Bertz CT molecular complexity index is 969. The molecule has 1 aliphatic heterocycles. The van der Waals surface area contributed by atoms with Crippen molar-refractivity contribution in [3.63, 3.8) is 0 Å². The van der Waals surface area contributed by atoms with Gasteiger partial charge in [-0.2, -0.15) is 0 Å². The highest BCUT2D eigenvalue weighted by Crippen LogP contribution is 2.38. The Labute approximate surface area is 177 Å². The predicted molar refractivity (Wildman–Crippen MR) is 114 cm³/mol. The molecule has 0 atom stereocenters. The number of carbonyl (C=O) groups is 1. The van der Waals surface area contributed by atoms with Gasteiger partial charge in [-0.1, -0.05) is 23.9 Å². The molecular formula is C20H21N3O6S. The van der Waals surface area contributed by atoms with Gasteiger partial charge in [0.25, 0.3) is 11.6 Å². The van der Waals surface area contributed by atoms with Crippen LogP contribution in [0, 0.1) is 10.1 Å². The average Bonchev–Trinajstić information content (AvgIpc) is 3.24. The molecule has 0 spiro atoms. The summed E-state index contributed by atoms with van der Waals surface area (Å²) in [4.78, 5) is 29.7. The van der Waals surface area contributed by atoms with E-state index in [9.17, 15) is 14.9 Å². The van der Waals surface area contributed by atoms with Gasteiger partial charge >= 0.3 is 0 Å². The molecule has 30 heavy (non-hydrogen) atoms. The summed E-state index contributed by atoms with van der Waals surface area (Å²) in [7, 11) is 4.48. The summed E-state index contributed by atoms with van der Waals surface area (Å²) >= 11 is 1.36. The number of amidine groups is 1. The summed E-state index contributed by atoms with van der Waals surface area (Å²) < 4.78 is 16.0. The first kappa shape index (κ1) is 21.4. The van der Waals surface area contributed by atoms with Crippen LogP contribution in [-0.2, 0) is 5.75 Å². The number of carbonyl (C=O) groups excluding carboxylic acids is 1. The molecule has 10 heteroatoms. The number of methoxy groups -OCH3 is 3. The molecule has 0 unspecified atom stereocenters. The van der Waals surface area contributed by atoms with Crippen molar-refractivity contribution in [1.82, 2.24) is 4.90 Å². The summed E-state index contributed by atoms with van der Waals surface area (Å²) in [6, 6.07) is 9.62. The average molecular weight is 431 g/mol. The maximum atomic E-state index is 13.1. The molecule has 0 bridgehead atoms. The molecule has 0 saturated carbocycles. The maximum absolute atomic E-state index is 13.1. The monoisotopic (exact) mass is 431 g/mol. The highest BCUT2D eigenvalue weighted by molar-refractivity contribution is 8.13. The number of rotatable bonds is 7. The van der Waals surface area contributed by atoms with E-state index >= 15 is 0 Å². The Kier molecular flexibility index (Phi) is 6.78. The highest BCUT2D eigenvalue weighted by atomic mass is 32.2. The second-order valence-electron chi connectivity index (χ2n) is 6.25. The standard InChI is InChI=1S/C20H21N3O6S/c1-27-16-10-14(11-17(28-2)18(16)29-3)19(24)22-8-7-21-20(22)30-12-13-5-4-6-15(9-13)23(25)26/h4-6,9-11H,7-8,12H2,1-3H3. The van der Waals surface area contributed by atoms with E-state index in [4.69, 9.17) is 14.2 Å². The third-order valence-corrected chi connectivity index (χ3v) is 5.53. The van der Waals surface area contributed by atoms with Gasteiger partial charge in [-0.25, -0.2) is 0 Å². The van der Waals surface area contributed by atoms with Gasteiger partial charge in [-0.05, 0) is 17.7 Å². The Morgan fingerprint density at radius 2 is 1.87 bits per heavy atom. The predicted octanol–water partition coefficient (Wildman–Crippen LogP) is 3.37. The number of amides is 1. The quantitative estimate of drug-likeness (QED) is 0.489. The van der Waals surface area contributed by atoms with Crippen molar-refractivity contribution in [1.29, 1.82) is 0 Å². The zero-order valence-corrected chi connectivity index (χ0v) is 17.6. The summed E-state index contributed by atoms with van der Waals surface area (Å²) in [6.07, 6.45) is 0. The minimum absolute atomic E-state index is 0.0341. The molecule has 158 valence electrons. The molecule has 1 heterocycles. The SMILES string of the molecule is COc1cc(C(=O)N2CCN=C2SCc2cccc([N+](=O)[O-])c2)cc(OC)c1OC. The Hall–Kier alpha value is -3.27. The van der Waals surface area contributed by atoms with Gasteiger partial charge in [-0.15, -0.1) is 0 Å². The van der Waals surface area contributed by atoms with Gasteiger partial charge in [0.1, 0.15) is 0 Å². The molecule has 1 aliphatic rings. The number of ether oxygens (including phenoxy) is 3. The summed E-state index contributed by atoms with van der Waals surface area (Å²) in [5, 5.41) is 11.5. The molecule has 3 rings (SSSR count). The third kappa shape index (κ3) is 4.48. The van der Waals surface area contributed by atoms with E-state index in [1.54, 1.807) is 29.2 Å². The van der Waals surface area contributed by atoms with Gasteiger partial charge in [0.05, 0.1) is 32.8 Å². The highest BCUT2D eigenvalue weighted by Gasteiger charge is 2.27. The van der Waals surface area contributed by atoms with E-state index in [-0.39, 0.29) is 11.6 Å². The number of benzene rings is 2. The first-order chi connectivity index (χ1) is 14.5. The third-order valence-electron chi connectivity index (χ3n) is 4.45. The Balaban J connectivity index is 1.77. The topological polar surface area (TPSA) is 104 Å². The van der Waals surface area contributed by atoms with Gasteiger partial charge < -0.3 is 14.2 Å². The number of nitrogens with zero attached hydrogens (tertiary/aromatic N) is 3. The van der Waals surface area contributed by atoms with E-state index in [0.717, 1.165) is 5.56 Å². The second kappa shape index (κ2) is 9.49. The lowest BCUT2D eigenvalue weighted by atomic mass is 10.1. The molecule has 2 aromatic carbocycles. The Morgan fingerprint density at radius 3 is 2.47 bits per heavy atom. The number of nitro benzene ring substituents is 1. The van der Waals surface area contributed by atoms with E-state index < -0.39 is 4.92 Å². The van der Waals surface area contributed by atoms with Crippen molar-refractivity contribution in [3.05, 3.63) is 57.6 Å². The molecule has 0 radical (unpaired) electrons. The lowest BCUT2D eigenvalue weighted by molar-refractivity contribution is -0.384. The van der Waals surface area contributed by atoms with Crippen molar-refractivity contribution in [2.24, 2.45) is 4.99 Å². The second-order valence-corrected chi connectivity index (χ2v) is 7.19. The van der Waals surface area contributed by atoms with Crippen LogP contribution in [0.1, 0.15) is 15.9 Å². The van der Waals surface area contributed by atoms with Crippen LogP contribution in [0.3, 0.4) is 0 Å². The molecule has 0 N–H and O–H groups in total. The lowest BCUT2D eigenvalue weighted by Crippen LogP contribution is -2.32. The van der Waals surface area contributed by atoms with E-state index in [1.165, 1.54) is 45.2 Å². The number of thioether (sulfide) groups is 1. The van der Waals surface area contributed by atoms with Crippen molar-refractivity contribution in [2.45, 2.75) is 5.75 Å². The fourth-order valence-electron chi connectivity index (χ4n) is 3.01. The van der Waals surface area contributed by atoms with E-state index in [0.29, 0.717) is 46.8 Å². The Morgan fingerprint density at radius 1 is 1.17 bits per heavy atom. The van der Waals surface area contributed by atoms with Gasteiger partial charge in [-0.3, -0.25) is 24.8 Å². The number of hydrogen-bond acceptors (Lipinski definition) is 8. The first-order valence-corrected chi connectivity index (χ1v) is 9.99. The van der Waals surface area contributed by atoms with Crippen molar-refractivity contribution < 1.29 is 23.9 Å². The van der Waals surface area contributed by atoms with E-state index in [2.05, 4.69) is 4.99 Å². The largest absolute Gasteiger partial charge is 0.493 e. The van der Waals surface area contributed by atoms with Crippen LogP contribution in [0.25, 0.3) is 0 Å². The van der Waals surface area contributed by atoms with Crippen molar-refractivity contribution >= 4 is 28.5 Å². The van der Waals surface area contributed by atoms with Crippen LogP contribution in [0.15, 0.2) is 41.4 Å². The normalized spacial score (nSPS) is 13.0. The van der Waals surface area contributed by atoms with Gasteiger partial charge in [0.2, 0.25) is 5.75 Å². The van der Waals surface area contributed by atoms with Crippen molar-refractivity contribution in [3.8, 4) is 17.2 Å². The number of nitro groups is 1. The van der Waals surface area contributed by atoms with Crippen molar-refractivity contribution in [2.75, 3.05) is 34.4 Å². The molecule has 2 aromatic rings. The van der Waals surface area contributed by atoms with Crippen LogP contribution in [0.2, 0.25) is 0 Å². The number of aliphatic imine (C=N–C) groups is 1. The lowest BCUT2D eigenvalue weighted by Gasteiger charge is -2.20. The zero-order chi connectivity index (χ0) is 21.7. The van der Waals surface area contributed by atoms with Crippen LogP contribution in [0.5, 0.6) is 17.2 Å². The van der Waals surface area contributed by atoms with Crippen LogP contribution < -0.4 is 14.2 Å². The summed E-state index contributed by atoms with van der Waals surface area (Å²) in [5.74, 6) is 1.41. The van der Waals surface area contributed by atoms with E-state index in [1.807, 2.05) is 0 Å². The molecule has 0 aliphatic carbocycles.